The zero-order valence-corrected chi connectivity index (χ0v) is 24.6. The molecule has 0 saturated carbocycles. The number of hydrogen-bond acceptors (Lipinski definition) is 8. The van der Waals surface area contributed by atoms with Crippen LogP contribution in [0.1, 0.15) is 37.3 Å². The minimum atomic E-state index is -4.61. The Morgan fingerprint density at radius 3 is 2.32 bits per heavy atom. The highest BCUT2D eigenvalue weighted by atomic mass is 35.5. The number of phenols is 2. The summed E-state index contributed by atoms with van der Waals surface area (Å²) < 4.78 is 31.3. The van der Waals surface area contributed by atoms with Crippen LogP contribution in [0.15, 0.2) is 70.7 Å². The maximum absolute atomic E-state index is 13.7. The van der Waals surface area contributed by atoms with E-state index in [2.05, 4.69) is 10.5 Å². The number of aromatic hydroxyl groups is 2. The van der Waals surface area contributed by atoms with Crippen LogP contribution in [-0.2, 0) is 19.2 Å². The van der Waals surface area contributed by atoms with Gasteiger partial charge in [-0.2, -0.15) is 18.9 Å². The summed E-state index contributed by atoms with van der Waals surface area (Å²) in [5.41, 5.74) is 4.21. The molecule has 1 saturated heterocycles. The van der Waals surface area contributed by atoms with Gasteiger partial charge in [-0.3, -0.25) is 9.80 Å². The number of nitrogens with one attached hydrogen (secondary N) is 1. The Kier molecular flexibility index (Phi) is 8.38. The second-order valence-corrected chi connectivity index (χ2v) is 12.6. The summed E-state index contributed by atoms with van der Waals surface area (Å²) in [5, 5.41) is 27.5. The Balaban J connectivity index is 1.46. The van der Waals surface area contributed by atoms with Crippen molar-refractivity contribution in [1.82, 2.24) is 5.43 Å². The monoisotopic (exact) mass is 639 g/mol. The smallest absolute Gasteiger partial charge is 0.349 e. The largest absolute Gasteiger partial charge is 0.508 e. The third-order valence-electron chi connectivity index (χ3n) is 6.88. The standard InChI is InChI=1S/C27H25Cl3N4O6S/c28-18-6-4-17(5-7-18)24-16-22(31-33(24)23-10-8-19(29)14-21(23)30)27(37)32-34(12-2-1-3-13-34)40-41(38,39)26-15-20(35)9-11-25(26)36/h4-11,14-15,24H,1-3,12-13,16H2,(H2-,31,32,35,36,37)/p+1/t24-/m1/s1. The number of halogens is 3. The van der Waals surface area contributed by atoms with Crippen LogP contribution in [0.4, 0.5) is 5.69 Å². The number of carbonyl (C=O) groups is 1. The average molecular weight is 641 g/mol. The molecule has 2 heterocycles. The molecule has 3 aromatic carbocycles. The van der Waals surface area contributed by atoms with E-state index in [1.54, 1.807) is 35.3 Å². The SMILES string of the molecule is O=C(N[N+]1(OS(=O)(=O)c2cc(O)ccc2O)CCCCC1)C1=NN(c2ccc(Cl)cc2Cl)[C@@H](c2ccc(Cl)cc2)C1. The van der Waals surface area contributed by atoms with Crippen molar-refractivity contribution in [3.8, 4) is 11.5 Å². The molecular weight excluding hydrogens is 615 g/mol. The van der Waals surface area contributed by atoms with Gasteiger partial charge in [0.15, 0.2) is 0 Å². The Morgan fingerprint density at radius 1 is 0.951 bits per heavy atom. The first-order valence-corrected chi connectivity index (χ1v) is 15.3. The number of rotatable bonds is 7. The van der Waals surface area contributed by atoms with Gasteiger partial charge in [-0.15, -0.1) is 0 Å². The molecule has 0 aliphatic carbocycles. The summed E-state index contributed by atoms with van der Waals surface area (Å²) in [5.74, 6) is -1.59. The van der Waals surface area contributed by atoms with Gasteiger partial charge in [0.1, 0.15) is 35.2 Å². The fraction of sp³-hybridized carbons (Fsp3) is 0.259. The minimum absolute atomic E-state index is 0.125. The second kappa shape index (κ2) is 11.7. The fourth-order valence-corrected chi connectivity index (χ4v) is 6.74. The van der Waals surface area contributed by atoms with Gasteiger partial charge in [-0.25, -0.2) is 0 Å². The van der Waals surface area contributed by atoms with Crippen LogP contribution in [-0.4, -0.2) is 48.1 Å². The third kappa shape index (κ3) is 6.40. The lowest BCUT2D eigenvalue weighted by Gasteiger charge is -2.35. The van der Waals surface area contributed by atoms with Crippen LogP contribution >= 0.6 is 34.8 Å². The van der Waals surface area contributed by atoms with E-state index in [1.165, 1.54) is 0 Å². The highest BCUT2D eigenvalue weighted by molar-refractivity contribution is 7.86. The van der Waals surface area contributed by atoms with Crippen LogP contribution in [0, 0.1) is 0 Å². The molecular formula is C27H26Cl3N4O6S+. The second-order valence-electron chi connectivity index (χ2n) is 9.78. The van der Waals surface area contributed by atoms with Crippen molar-refractivity contribution >= 4 is 62.2 Å². The van der Waals surface area contributed by atoms with Crippen molar-refractivity contribution in [2.75, 3.05) is 18.1 Å². The van der Waals surface area contributed by atoms with Crippen molar-refractivity contribution in [2.24, 2.45) is 5.10 Å². The first-order valence-electron chi connectivity index (χ1n) is 12.7. The summed E-state index contributed by atoms with van der Waals surface area (Å²) in [6.45, 7) is 0.316. The van der Waals surface area contributed by atoms with E-state index in [4.69, 9.17) is 39.1 Å². The number of anilines is 1. The molecule has 10 nitrogen and oxygen atoms in total. The van der Waals surface area contributed by atoms with Gasteiger partial charge in [-0.1, -0.05) is 51.7 Å². The Morgan fingerprint density at radius 2 is 1.63 bits per heavy atom. The zero-order valence-electron chi connectivity index (χ0n) is 21.5. The number of carbonyl (C=O) groups excluding carboxylic acids is 1. The van der Waals surface area contributed by atoms with E-state index in [1.807, 2.05) is 12.1 Å². The summed E-state index contributed by atoms with van der Waals surface area (Å²) in [7, 11) is -4.61. The van der Waals surface area contributed by atoms with Crippen LogP contribution in [0.2, 0.25) is 15.1 Å². The molecule has 216 valence electrons. The third-order valence-corrected chi connectivity index (χ3v) is 9.02. The molecule has 1 atom stereocenters. The molecule has 0 unspecified atom stereocenters. The normalized spacial score (nSPS) is 18.7. The van der Waals surface area contributed by atoms with Gasteiger partial charge >= 0.3 is 16.0 Å². The number of hydrogen-bond donors (Lipinski definition) is 3. The maximum Gasteiger partial charge on any atom is 0.349 e. The van der Waals surface area contributed by atoms with Crippen molar-refractivity contribution in [3.63, 3.8) is 0 Å². The number of piperidine rings is 1. The van der Waals surface area contributed by atoms with Gasteiger partial charge in [0, 0.05) is 35.4 Å². The lowest BCUT2D eigenvalue weighted by Crippen LogP contribution is -2.64. The van der Waals surface area contributed by atoms with Crippen LogP contribution < -0.4 is 10.4 Å². The molecule has 2 aliphatic heterocycles. The zero-order chi connectivity index (χ0) is 29.4. The van der Waals surface area contributed by atoms with E-state index in [0.717, 1.165) is 30.2 Å². The molecule has 41 heavy (non-hydrogen) atoms. The molecule has 1 amide bonds. The summed E-state index contributed by atoms with van der Waals surface area (Å²) in [6.07, 6.45) is 2.15. The summed E-state index contributed by atoms with van der Waals surface area (Å²) >= 11 is 18.7. The fourth-order valence-electron chi connectivity index (χ4n) is 4.89. The van der Waals surface area contributed by atoms with E-state index in [0.29, 0.717) is 33.6 Å². The molecule has 3 N–H and O–H groups in total. The molecule has 3 aromatic rings. The lowest BCUT2D eigenvalue weighted by atomic mass is 10.0. The topological polar surface area (TPSA) is 129 Å². The van der Waals surface area contributed by atoms with Crippen molar-refractivity contribution in [1.29, 1.82) is 0 Å². The molecule has 0 spiro atoms. The number of hydrazone groups is 1. The minimum Gasteiger partial charge on any atom is -0.508 e. The molecule has 1 fully saturated rings. The van der Waals surface area contributed by atoms with Crippen molar-refractivity contribution in [2.45, 2.75) is 36.6 Å². The summed E-state index contributed by atoms with van der Waals surface area (Å²) in [6, 6.07) is 14.7. The van der Waals surface area contributed by atoms with Gasteiger partial charge < -0.3 is 10.2 Å². The van der Waals surface area contributed by atoms with E-state index >= 15 is 0 Å². The van der Waals surface area contributed by atoms with Gasteiger partial charge in [0.2, 0.25) is 0 Å². The molecule has 0 radical (unpaired) electrons. The van der Waals surface area contributed by atoms with E-state index in [-0.39, 0.29) is 31.0 Å². The van der Waals surface area contributed by atoms with Crippen molar-refractivity contribution < 1.29 is 32.5 Å². The molecule has 0 aromatic heterocycles. The van der Waals surface area contributed by atoms with Gasteiger partial charge in [-0.05, 0) is 58.7 Å². The first kappa shape index (κ1) is 29.4. The highest BCUT2D eigenvalue weighted by Crippen LogP contribution is 2.40. The lowest BCUT2D eigenvalue weighted by molar-refractivity contribution is -1.11. The van der Waals surface area contributed by atoms with Crippen molar-refractivity contribution in [3.05, 3.63) is 81.3 Å². The highest BCUT2D eigenvalue weighted by Gasteiger charge is 2.44. The summed E-state index contributed by atoms with van der Waals surface area (Å²) in [4.78, 5) is 13.1. The number of benzene rings is 3. The Hall–Kier alpha value is -3.06. The number of nitrogens with zero attached hydrogens (tertiary/aromatic N) is 3. The molecule has 14 heteroatoms. The number of quaternary nitrogens is 1. The quantitative estimate of drug-likeness (QED) is 0.223. The first-order chi connectivity index (χ1) is 19.5. The van der Waals surface area contributed by atoms with E-state index in [9.17, 15) is 23.4 Å². The van der Waals surface area contributed by atoms with E-state index < -0.39 is 37.5 Å². The van der Waals surface area contributed by atoms with Crippen LogP contribution in [0.5, 0.6) is 11.5 Å². The Labute approximate surface area is 251 Å². The predicted octanol–water partition coefficient (Wildman–Crippen LogP) is 5.72. The predicted molar refractivity (Wildman–Crippen MR) is 155 cm³/mol. The number of amides is 1. The number of hydroxylamine groups is 2. The maximum atomic E-state index is 13.7. The number of phenolic OH excluding ortho intramolecular Hbond substituents is 2. The molecule has 2 aliphatic rings. The Bertz CT molecular complexity index is 1610. The van der Waals surface area contributed by atoms with Gasteiger partial charge in [0.05, 0.1) is 16.8 Å². The molecule has 0 bridgehead atoms. The van der Waals surface area contributed by atoms with Crippen LogP contribution in [0.25, 0.3) is 0 Å². The molecule has 5 rings (SSSR count). The van der Waals surface area contributed by atoms with Crippen LogP contribution in [0.3, 0.4) is 0 Å². The average Bonchev–Trinajstić information content (AvgIpc) is 3.36. The van der Waals surface area contributed by atoms with Gasteiger partial charge in [0.25, 0.3) is 0 Å².